The number of carbonyl (C=O) groups is 4. The van der Waals surface area contributed by atoms with Crippen molar-refractivity contribution in [1.29, 1.82) is 0 Å². The van der Waals surface area contributed by atoms with E-state index in [1.54, 1.807) is 6.07 Å². The van der Waals surface area contributed by atoms with Crippen molar-refractivity contribution < 1.29 is 38.1 Å². The Labute approximate surface area is 186 Å². The summed E-state index contributed by atoms with van der Waals surface area (Å²) in [7, 11) is 0. The highest BCUT2D eigenvalue weighted by Crippen LogP contribution is 2.47. The Balaban J connectivity index is 2.97. The van der Waals surface area contributed by atoms with Gasteiger partial charge in [-0.1, -0.05) is 11.6 Å². The molecule has 0 bridgehead atoms. The first-order valence-corrected chi connectivity index (χ1v) is 9.99. The van der Waals surface area contributed by atoms with Crippen LogP contribution in [0.4, 0.5) is 0 Å². The summed E-state index contributed by atoms with van der Waals surface area (Å²) in [6.07, 6.45) is 3.07. The predicted molar refractivity (Wildman–Crippen MR) is 117 cm³/mol. The van der Waals surface area contributed by atoms with Gasteiger partial charge in [-0.2, -0.15) is 0 Å². The maximum Gasteiger partial charge on any atom is 0.308 e. The molecule has 0 aromatic heterocycles. The summed E-state index contributed by atoms with van der Waals surface area (Å²) in [5.74, 6) is -2.07. The summed E-state index contributed by atoms with van der Waals surface area (Å²) in [6.45, 7) is 8.84. The molecule has 0 aliphatic rings. The van der Waals surface area contributed by atoms with E-state index in [1.807, 2.05) is 19.9 Å². The third-order valence-electron chi connectivity index (χ3n) is 4.17. The van der Waals surface area contributed by atoms with Gasteiger partial charge < -0.3 is 18.9 Å². The molecule has 0 amide bonds. The molecule has 0 N–H and O–H groups in total. The highest BCUT2D eigenvalue weighted by atomic mass is 16.6. The van der Waals surface area contributed by atoms with Crippen molar-refractivity contribution in [3.8, 4) is 23.0 Å². The molecule has 170 valence electrons. The Bertz CT molecular complexity index is 1110. The third-order valence-corrected chi connectivity index (χ3v) is 4.17. The molecule has 0 saturated carbocycles. The van der Waals surface area contributed by atoms with Gasteiger partial charge in [0.15, 0.2) is 0 Å². The molecule has 0 atom stereocenters. The lowest BCUT2D eigenvalue weighted by Gasteiger charge is -2.19. The zero-order chi connectivity index (χ0) is 24.0. The van der Waals surface area contributed by atoms with E-state index in [9.17, 15) is 19.2 Å². The first-order chi connectivity index (χ1) is 15.0. The Kier molecular flexibility index (Phi) is 8.12. The predicted octanol–water partition coefficient (Wildman–Crippen LogP) is 4.44. The highest BCUT2D eigenvalue weighted by molar-refractivity contribution is 6.06. The van der Waals surface area contributed by atoms with Crippen LogP contribution >= 0.6 is 0 Å². The van der Waals surface area contributed by atoms with Crippen LogP contribution in [0.1, 0.15) is 53.5 Å². The van der Waals surface area contributed by atoms with E-state index in [1.165, 1.54) is 39.8 Å². The fourth-order valence-corrected chi connectivity index (χ4v) is 3.17. The molecule has 8 heteroatoms. The molecule has 2 rings (SSSR count). The maximum atomic E-state index is 11.9. The first-order valence-electron chi connectivity index (χ1n) is 9.99. The Morgan fingerprint density at radius 1 is 0.688 bits per heavy atom. The van der Waals surface area contributed by atoms with Crippen LogP contribution in [-0.2, 0) is 25.6 Å². The van der Waals surface area contributed by atoms with E-state index in [0.717, 1.165) is 5.57 Å². The van der Waals surface area contributed by atoms with Gasteiger partial charge in [0.25, 0.3) is 0 Å². The average Bonchev–Trinajstić information content (AvgIpc) is 2.63. The van der Waals surface area contributed by atoms with Crippen LogP contribution in [0.25, 0.3) is 10.8 Å². The van der Waals surface area contributed by atoms with Crippen molar-refractivity contribution in [2.24, 2.45) is 0 Å². The maximum absolute atomic E-state index is 11.9. The summed E-state index contributed by atoms with van der Waals surface area (Å²) in [5, 5.41) is 0.344. The third kappa shape index (κ3) is 6.41. The van der Waals surface area contributed by atoms with E-state index < -0.39 is 23.9 Å². The minimum Gasteiger partial charge on any atom is -0.426 e. The molecule has 0 aliphatic carbocycles. The number of fused-ring (bicyclic) bond motifs is 1. The van der Waals surface area contributed by atoms with Gasteiger partial charge in [-0.25, -0.2) is 0 Å². The van der Waals surface area contributed by atoms with Gasteiger partial charge in [0.1, 0.15) is 23.0 Å². The van der Waals surface area contributed by atoms with Crippen molar-refractivity contribution in [2.75, 3.05) is 0 Å². The number of carbonyl (C=O) groups excluding carboxylic acids is 4. The molecule has 8 nitrogen and oxygen atoms in total. The van der Waals surface area contributed by atoms with Crippen LogP contribution in [0.3, 0.4) is 0 Å². The molecule has 0 aliphatic heterocycles. The minimum absolute atomic E-state index is 0.0592. The van der Waals surface area contributed by atoms with Crippen molar-refractivity contribution in [3.05, 3.63) is 35.4 Å². The number of allylic oxidation sites excluding steroid dienone is 2. The molecule has 32 heavy (non-hydrogen) atoms. The molecular formula is C24H26O8. The van der Waals surface area contributed by atoms with Crippen molar-refractivity contribution in [3.63, 3.8) is 0 Å². The monoisotopic (exact) mass is 442 g/mol. The Morgan fingerprint density at radius 3 is 1.62 bits per heavy atom. The lowest BCUT2D eigenvalue weighted by molar-refractivity contribution is -0.133. The summed E-state index contributed by atoms with van der Waals surface area (Å²) in [5.41, 5.74) is 1.66. The SMILES string of the molecule is CC(=O)Oc1ccc(OC(C)=O)c2c(OC(C)=O)c(CCC=C(C)C)cc(OC(C)=O)c12. The van der Waals surface area contributed by atoms with Crippen LogP contribution in [-0.4, -0.2) is 23.9 Å². The van der Waals surface area contributed by atoms with Crippen LogP contribution in [0.15, 0.2) is 29.8 Å². The lowest BCUT2D eigenvalue weighted by Crippen LogP contribution is -2.11. The van der Waals surface area contributed by atoms with E-state index in [4.69, 9.17) is 18.9 Å². The van der Waals surface area contributed by atoms with E-state index >= 15 is 0 Å². The zero-order valence-corrected chi connectivity index (χ0v) is 19.0. The summed E-state index contributed by atoms with van der Waals surface area (Å²) in [6, 6.07) is 4.40. The molecule has 2 aromatic rings. The summed E-state index contributed by atoms with van der Waals surface area (Å²) in [4.78, 5) is 47.2. The Hall–Kier alpha value is -3.68. The fraction of sp³-hybridized carbons (Fsp3) is 0.333. The average molecular weight is 442 g/mol. The quantitative estimate of drug-likeness (QED) is 0.352. The van der Waals surface area contributed by atoms with E-state index in [-0.39, 0.29) is 33.8 Å². The van der Waals surface area contributed by atoms with Gasteiger partial charge in [-0.15, -0.1) is 0 Å². The van der Waals surface area contributed by atoms with Crippen LogP contribution in [0, 0.1) is 0 Å². The smallest absolute Gasteiger partial charge is 0.308 e. The van der Waals surface area contributed by atoms with Crippen molar-refractivity contribution in [2.45, 2.75) is 54.4 Å². The fourth-order valence-electron chi connectivity index (χ4n) is 3.17. The van der Waals surface area contributed by atoms with Crippen LogP contribution in [0.2, 0.25) is 0 Å². The molecule has 0 heterocycles. The van der Waals surface area contributed by atoms with Crippen LogP contribution < -0.4 is 18.9 Å². The van der Waals surface area contributed by atoms with Gasteiger partial charge >= 0.3 is 23.9 Å². The normalized spacial score (nSPS) is 10.3. The standard InChI is InChI=1S/C24H26O8/c1-13(2)8-7-9-18-12-21(31-16(5)27)22-19(29-14(3)25)10-11-20(30-15(4)26)23(22)24(18)32-17(6)28/h8,10-12H,7,9H2,1-6H3. The summed E-state index contributed by atoms with van der Waals surface area (Å²) < 4.78 is 21.6. The second-order valence-electron chi connectivity index (χ2n) is 7.37. The highest BCUT2D eigenvalue weighted by Gasteiger charge is 2.25. The van der Waals surface area contributed by atoms with Crippen molar-refractivity contribution >= 4 is 34.6 Å². The van der Waals surface area contributed by atoms with Gasteiger partial charge in [0, 0.05) is 27.7 Å². The molecular weight excluding hydrogens is 416 g/mol. The molecule has 0 spiro atoms. The topological polar surface area (TPSA) is 105 Å². The molecule has 0 saturated heterocycles. The number of hydrogen-bond donors (Lipinski definition) is 0. The minimum atomic E-state index is -0.609. The number of hydrogen-bond acceptors (Lipinski definition) is 8. The second-order valence-corrected chi connectivity index (χ2v) is 7.37. The number of ether oxygens (including phenoxy) is 4. The van der Waals surface area contributed by atoms with Crippen LogP contribution in [0.5, 0.6) is 23.0 Å². The lowest BCUT2D eigenvalue weighted by atomic mass is 9.98. The Morgan fingerprint density at radius 2 is 1.16 bits per heavy atom. The molecule has 0 radical (unpaired) electrons. The van der Waals surface area contributed by atoms with Crippen molar-refractivity contribution in [1.82, 2.24) is 0 Å². The molecule has 0 fully saturated rings. The zero-order valence-electron chi connectivity index (χ0n) is 19.0. The second kappa shape index (κ2) is 10.6. The number of rotatable bonds is 7. The number of aryl methyl sites for hydroxylation is 1. The van der Waals surface area contributed by atoms with Gasteiger partial charge in [-0.05, 0) is 50.5 Å². The number of benzene rings is 2. The summed E-state index contributed by atoms with van der Waals surface area (Å²) >= 11 is 0. The van der Waals surface area contributed by atoms with Gasteiger partial charge in [0.05, 0.1) is 10.8 Å². The largest absolute Gasteiger partial charge is 0.426 e. The van der Waals surface area contributed by atoms with Gasteiger partial charge in [-0.3, -0.25) is 19.2 Å². The number of esters is 4. The molecule has 0 unspecified atom stereocenters. The first kappa shape index (κ1) is 24.6. The van der Waals surface area contributed by atoms with E-state index in [0.29, 0.717) is 18.4 Å². The van der Waals surface area contributed by atoms with E-state index in [2.05, 4.69) is 0 Å². The molecule has 2 aromatic carbocycles. The van der Waals surface area contributed by atoms with Gasteiger partial charge in [0.2, 0.25) is 0 Å².